The fraction of sp³-hybridized carbons (Fsp3) is 0.292. The largest absolute Gasteiger partial charge is 0.465 e. The molecule has 0 atom stereocenters. The highest BCUT2D eigenvalue weighted by molar-refractivity contribution is 6.76. The standard InChI is InChI=1S/C24H27N3O5Si/c1-29-24(28)20-15-31-22-13-18(6-7-19(20)22)32-23-8-5-17(14-25-23)21-9-10-26-27(21)16-30-11-12-33(2,3)4/h5-10,13-15H,11-12,16H2,1-4H3. The van der Waals surface area contributed by atoms with Gasteiger partial charge in [-0.05, 0) is 30.3 Å². The lowest BCUT2D eigenvalue weighted by atomic mass is 10.2. The molecular weight excluding hydrogens is 438 g/mol. The highest BCUT2D eigenvalue weighted by Gasteiger charge is 2.15. The summed E-state index contributed by atoms with van der Waals surface area (Å²) in [6.07, 6.45) is 4.87. The van der Waals surface area contributed by atoms with E-state index < -0.39 is 14.0 Å². The van der Waals surface area contributed by atoms with E-state index in [-0.39, 0.29) is 0 Å². The first-order valence-corrected chi connectivity index (χ1v) is 14.4. The first-order chi connectivity index (χ1) is 15.8. The van der Waals surface area contributed by atoms with Gasteiger partial charge in [-0.1, -0.05) is 19.6 Å². The van der Waals surface area contributed by atoms with Gasteiger partial charge in [-0.25, -0.2) is 14.5 Å². The molecule has 0 amide bonds. The van der Waals surface area contributed by atoms with E-state index in [1.54, 1.807) is 36.7 Å². The molecule has 0 fully saturated rings. The zero-order chi connectivity index (χ0) is 23.4. The number of benzene rings is 1. The van der Waals surface area contributed by atoms with Gasteiger partial charge in [0.2, 0.25) is 5.88 Å². The number of pyridine rings is 1. The molecular formula is C24H27N3O5Si. The molecule has 0 saturated heterocycles. The van der Waals surface area contributed by atoms with Gasteiger partial charge in [0.15, 0.2) is 0 Å². The summed E-state index contributed by atoms with van der Waals surface area (Å²) >= 11 is 0. The molecule has 33 heavy (non-hydrogen) atoms. The Morgan fingerprint density at radius 1 is 1.15 bits per heavy atom. The number of hydrogen-bond acceptors (Lipinski definition) is 7. The zero-order valence-electron chi connectivity index (χ0n) is 19.2. The lowest BCUT2D eigenvalue weighted by molar-refractivity contribution is 0.0602. The molecule has 8 nitrogen and oxygen atoms in total. The number of ether oxygens (including phenoxy) is 3. The topological polar surface area (TPSA) is 88.6 Å². The lowest BCUT2D eigenvalue weighted by Gasteiger charge is -2.16. The normalized spacial score (nSPS) is 11.6. The van der Waals surface area contributed by atoms with Crippen LogP contribution in [0.4, 0.5) is 0 Å². The molecule has 0 N–H and O–H groups in total. The van der Waals surface area contributed by atoms with Crippen LogP contribution in [0.3, 0.4) is 0 Å². The maximum atomic E-state index is 11.8. The molecule has 0 aliphatic carbocycles. The van der Waals surface area contributed by atoms with Crippen LogP contribution in [-0.2, 0) is 16.2 Å². The Bertz CT molecular complexity index is 1240. The van der Waals surface area contributed by atoms with Crippen molar-refractivity contribution < 1.29 is 23.4 Å². The number of carbonyl (C=O) groups excluding carboxylic acids is 1. The van der Waals surface area contributed by atoms with Gasteiger partial charge in [-0.3, -0.25) is 0 Å². The van der Waals surface area contributed by atoms with Crippen LogP contribution in [0.2, 0.25) is 25.7 Å². The van der Waals surface area contributed by atoms with E-state index in [0.717, 1.165) is 23.9 Å². The van der Waals surface area contributed by atoms with Crippen molar-refractivity contribution in [1.82, 2.24) is 14.8 Å². The number of aromatic nitrogens is 3. The van der Waals surface area contributed by atoms with Gasteiger partial charge in [0, 0.05) is 50.2 Å². The Labute approximate surface area is 193 Å². The van der Waals surface area contributed by atoms with Crippen molar-refractivity contribution >= 4 is 25.0 Å². The van der Waals surface area contributed by atoms with Crippen molar-refractivity contribution in [3.63, 3.8) is 0 Å². The second-order valence-electron chi connectivity index (χ2n) is 8.85. The highest BCUT2D eigenvalue weighted by atomic mass is 28.3. The quantitative estimate of drug-likeness (QED) is 0.181. The van der Waals surface area contributed by atoms with Crippen LogP contribution in [0.1, 0.15) is 10.4 Å². The molecule has 0 aliphatic rings. The third-order valence-corrected chi connectivity index (χ3v) is 6.84. The molecule has 172 valence electrons. The Morgan fingerprint density at radius 2 is 2.00 bits per heavy atom. The van der Waals surface area contributed by atoms with Crippen LogP contribution < -0.4 is 4.74 Å². The van der Waals surface area contributed by atoms with E-state index in [2.05, 4.69) is 29.7 Å². The van der Waals surface area contributed by atoms with Gasteiger partial charge in [-0.15, -0.1) is 0 Å². The van der Waals surface area contributed by atoms with Crippen LogP contribution in [0, 0.1) is 0 Å². The molecule has 0 aliphatic heterocycles. The first-order valence-electron chi connectivity index (χ1n) is 10.7. The number of rotatable bonds is 9. The van der Waals surface area contributed by atoms with Crippen molar-refractivity contribution in [3.8, 4) is 22.9 Å². The summed E-state index contributed by atoms with van der Waals surface area (Å²) in [5.74, 6) is 0.546. The Kier molecular flexibility index (Phi) is 6.61. The zero-order valence-corrected chi connectivity index (χ0v) is 20.2. The molecule has 3 heterocycles. The fourth-order valence-electron chi connectivity index (χ4n) is 3.26. The van der Waals surface area contributed by atoms with Gasteiger partial charge in [0.05, 0.1) is 12.8 Å². The van der Waals surface area contributed by atoms with E-state index in [1.807, 2.05) is 16.8 Å². The maximum Gasteiger partial charge on any atom is 0.341 e. The van der Waals surface area contributed by atoms with Gasteiger partial charge in [0.1, 0.15) is 29.9 Å². The van der Waals surface area contributed by atoms with Crippen molar-refractivity contribution in [2.45, 2.75) is 32.4 Å². The van der Waals surface area contributed by atoms with Crippen molar-refractivity contribution in [2.24, 2.45) is 0 Å². The van der Waals surface area contributed by atoms with Crippen LogP contribution in [0.5, 0.6) is 11.6 Å². The van der Waals surface area contributed by atoms with Crippen LogP contribution in [-0.4, -0.2) is 42.5 Å². The number of hydrogen-bond donors (Lipinski definition) is 0. The lowest BCUT2D eigenvalue weighted by Crippen LogP contribution is -2.22. The Morgan fingerprint density at radius 3 is 2.73 bits per heavy atom. The summed E-state index contributed by atoms with van der Waals surface area (Å²) in [6.45, 7) is 8.13. The highest BCUT2D eigenvalue weighted by Crippen LogP contribution is 2.29. The minimum atomic E-state index is -1.12. The maximum absolute atomic E-state index is 11.8. The molecule has 4 aromatic rings. The summed E-state index contributed by atoms with van der Waals surface area (Å²) in [6, 6.07) is 12.0. The van der Waals surface area contributed by atoms with E-state index in [1.165, 1.54) is 13.4 Å². The molecule has 0 saturated carbocycles. The number of carbonyl (C=O) groups is 1. The molecule has 0 radical (unpaired) electrons. The summed E-state index contributed by atoms with van der Waals surface area (Å²) in [5.41, 5.74) is 2.75. The van der Waals surface area contributed by atoms with Gasteiger partial charge in [0.25, 0.3) is 0 Å². The first kappa shape index (κ1) is 22.7. The van der Waals surface area contributed by atoms with Crippen LogP contribution >= 0.6 is 0 Å². The second kappa shape index (κ2) is 9.59. The third kappa shape index (κ3) is 5.50. The Hall–Kier alpha value is -3.43. The van der Waals surface area contributed by atoms with Gasteiger partial charge >= 0.3 is 5.97 Å². The Balaban J connectivity index is 1.42. The van der Waals surface area contributed by atoms with Gasteiger partial charge in [-0.2, -0.15) is 5.10 Å². The van der Waals surface area contributed by atoms with E-state index in [4.69, 9.17) is 18.6 Å². The minimum absolute atomic E-state index is 0.377. The van der Waals surface area contributed by atoms with Gasteiger partial charge < -0.3 is 18.6 Å². The van der Waals surface area contributed by atoms with Crippen LogP contribution in [0.25, 0.3) is 22.2 Å². The molecule has 0 spiro atoms. The monoisotopic (exact) mass is 465 g/mol. The predicted octanol–water partition coefficient (Wildman–Crippen LogP) is 5.58. The van der Waals surface area contributed by atoms with Crippen molar-refractivity contribution in [1.29, 1.82) is 0 Å². The average molecular weight is 466 g/mol. The summed E-state index contributed by atoms with van der Waals surface area (Å²) in [5, 5.41) is 5.03. The number of fused-ring (bicyclic) bond motifs is 1. The number of furan rings is 1. The SMILES string of the molecule is COC(=O)c1coc2cc(Oc3ccc(-c4ccnn4COCC[Si](C)(C)C)cn3)ccc12. The van der Waals surface area contributed by atoms with E-state index in [9.17, 15) is 4.79 Å². The summed E-state index contributed by atoms with van der Waals surface area (Å²) in [7, 11) is 0.214. The second-order valence-corrected chi connectivity index (χ2v) is 14.5. The third-order valence-electron chi connectivity index (χ3n) is 5.13. The molecule has 0 bridgehead atoms. The number of nitrogens with zero attached hydrogens (tertiary/aromatic N) is 3. The molecule has 1 aromatic carbocycles. The molecule has 9 heteroatoms. The molecule has 0 unspecified atom stereocenters. The predicted molar refractivity (Wildman–Crippen MR) is 127 cm³/mol. The van der Waals surface area contributed by atoms with Crippen molar-refractivity contribution in [3.05, 3.63) is 60.6 Å². The van der Waals surface area contributed by atoms with E-state index >= 15 is 0 Å². The van der Waals surface area contributed by atoms with E-state index in [0.29, 0.717) is 34.9 Å². The number of esters is 1. The minimum Gasteiger partial charge on any atom is -0.465 e. The number of methoxy groups -OCH3 is 1. The summed E-state index contributed by atoms with van der Waals surface area (Å²) in [4.78, 5) is 16.2. The van der Waals surface area contributed by atoms with Crippen LogP contribution in [0.15, 0.2) is 59.5 Å². The smallest absolute Gasteiger partial charge is 0.341 e. The molecule has 4 rings (SSSR count). The fourth-order valence-corrected chi connectivity index (χ4v) is 4.02. The molecule has 3 aromatic heterocycles. The summed E-state index contributed by atoms with van der Waals surface area (Å²) < 4.78 is 23.8. The van der Waals surface area contributed by atoms with Crippen molar-refractivity contribution in [2.75, 3.05) is 13.7 Å². The average Bonchev–Trinajstić information content (AvgIpc) is 3.43.